The predicted molar refractivity (Wildman–Crippen MR) is 75.0 cm³/mol. The average Bonchev–Trinajstić information content (AvgIpc) is 2.74. The van der Waals surface area contributed by atoms with Crippen LogP contribution >= 0.6 is 0 Å². The summed E-state index contributed by atoms with van der Waals surface area (Å²) in [5.41, 5.74) is 7.52. The maximum atomic E-state index is 10.9. The van der Waals surface area contributed by atoms with Gasteiger partial charge >= 0.3 is 0 Å². The molecule has 0 bridgehead atoms. The number of likely N-dealkylation sites (N-methyl/N-ethyl adjacent to an activating group) is 1. The van der Waals surface area contributed by atoms with E-state index in [1.54, 1.807) is 0 Å². The Morgan fingerprint density at radius 2 is 2.50 bits per heavy atom. The third kappa shape index (κ3) is 4.29. The molecule has 1 aromatic rings. The van der Waals surface area contributed by atoms with Crippen molar-refractivity contribution in [3.05, 3.63) is 17.5 Å². The number of nitrogens with two attached hydrogens (primary N) is 1. The summed E-state index contributed by atoms with van der Waals surface area (Å²) in [4.78, 5) is 15.1. The maximum Gasteiger partial charge on any atom is 0.231 e. The highest BCUT2D eigenvalue weighted by molar-refractivity contribution is 5.75. The second-order valence-electron chi connectivity index (χ2n) is 5.41. The fraction of sp³-hybridized carbons (Fsp3) is 0.692. The molecule has 1 fully saturated rings. The van der Waals surface area contributed by atoms with Gasteiger partial charge in [0.1, 0.15) is 0 Å². The molecule has 3 N–H and O–H groups in total. The lowest BCUT2D eigenvalue weighted by molar-refractivity contribution is -0.119. The number of aromatic nitrogens is 2. The second kappa shape index (κ2) is 6.83. The van der Waals surface area contributed by atoms with Crippen LogP contribution in [-0.2, 0) is 16.1 Å². The third-order valence-corrected chi connectivity index (χ3v) is 3.49. The number of ether oxygens (including phenoxy) is 1. The van der Waals surface area contributed by atoms with E-state index in [0.29, 0.717) is 13.2 Å². The smallest absolute Gasteiger partial charge is 0.231 e. The quantitative estimate of drug-likeness (QED) is 0.722. The molecule has 1 atom stereocenters. The number of H-pyrrole nitrogens is 1. The Balaban J connectivity index is 1.82. The minimum absolute atomic E-state index is 0.111. The van der Waals surface area contributed by atoms with Crippen molar-refractivity contribution in [2.24, 2.45) is 5.73 Å². The predicted octanol–water partition coefficient (Wildman–Crippen LogP) is -0.664. The monoisotopic (exact) mass is 281 g/mol. The van der Waals surface area contributed by atoms with Crippen molar-refractivity contribution in [1.82, 2.24) is 20.0 Å². The summed E-state index contributed by atoms with van der Waals surface area (Å²) in [7, 11) is 1.88. The first-order chi connectivity index (χ1) is 9.54. The van der Waals surface area contributed by atoms with Crippen LogP contribution in [0.5, 0.6) is 0 Å². The van der Waals surface area contributed by atoms with Gasteiger partial charge in [0, 0.05) is 37.4 Å². The van der Waals surface area contributed by atoms with Gasteiger partial charge in [0.25, 0.3) is 0 Å². The van der Waals surface area contributed by atoms with Crippen molar-refractivity contribution < 1.29 is 9.53 Å². The highest BCUT2D eigenvalue weighted by atomic mass is 16.5. The van der Waals surface area contributed by atoms with Gasteiger partial charge in [-0.25, -0.2) is 0 Å². The van der Waals surface area contributed by atoms with Gasteiger partial charge in [-0.05, 0) is 14.0 Å². The number of primary amides is 1. The van der Waals surface area contributed by atoms with E-state index in [0.717, 1.165) is 25.3 Å². The van der Waals surface area contributed by atoms with E-state index in [4.69, 9.17) is 10.5 Å². The first-order valence-corrected chi connectivity index (χ1v) is 6.84. The molecular formula is C13H23N5O2. The molecule has 0 radical (unpaired) electrons. The number of amides is 1. The van der Waals surface area contributed by atoms with Crippen LogP contribution in [0.4, 0.5) is 0 Å². The molecule has 7 heteroatoms. The normalized spacial score (nSPS) is 20.4. The van der Waals surface area contributed by atoms with E-state index in [1.807, 2.05) is 25.1 Å². The molecule has 1 aromatic heterocycles. The molecule has 1 amide bonds. The molecule has 2 heterocycles. The first-order valence-electron chi connectivity index (χ1n) is 6.84. The summed E-state index contributed by atoms with van der Waals surface area (Å²) in [6.07, 6.45) is 1.99. The van der Waals surface area contributed by atoms with E-state index in [9.17, 15) is 4.79 Å². The van der Waals surface area contributed by atoms with Gasteiger partial charge in [-0.3, -0.25) is 19.7 Å². The number of hydrogen-bond donors (Lipinski definition) is 2. The summed E-state index contributed by atoms with van der Waals surface area (Å²) in [5, 5.41) is 7.00. The number of carbonyl (C=O) groups is 1. The molecule has 112 valence electrons. The zero-order chi connectivity index (χ0) is 14.5. The van der Waals surface area contributed by atoms with Crippen LogP contribution in [0.1, 0.15) is 11.3 Å². The van der Waals surface area contributed by atoms with Crippen LogP contribution in [0.25, 0.3) is 0 Å². The minimum Gasteiger partial charge on any atom is -0.374 e. The van der Waals surface area contributed by atoms with Crippen LogP contribution in [0, 0.1) is 6.92 Å². The van der Waals surface area contributed by atoms with Crippen molar-refractivity contribution in [2.45, 2.75) is 19.6 Å². The van der Waals surface area contributed by atoms with E-state index < -0.39 is 0 Å². The van der Waals surface area contributed by atoms with Gasteiger partial charge in [0.15, 0.2) is 0 Å². The van der Waals surface area contributed by atoms with Crippen molar-refractivity contribution >= 4 is 5.91 Å². The Kier molecular flexibility index (Phi) is 5.11. The second-order valence-corrected chi connectivity index (χ2v) is 5.41. The summed E-state index contributed by atoms with van der Waals surface area (Å²) in [6, 6.07) is 0. The van der Waals surface area contributed by atoms with Gasteiger partial charge in [0.05, 0.1) is 25.5 Å². The van der Waals surface area contributed by atoms with Crippen LogP contribution < -0.4 is 5.73 Å². The largest absolute Gasteiger partial charge is 0.374 e. The highest BCUT2D eigenvalue weighted by Gasteiger charge is 2.22. The van der Waals surface area contributed by atoms with Crippen LogP contribution in [0.2, 0.25) is 0 Å². The molecule has 2 rings (SSSR count). The zero-order valence-corrected chi connectivity index (χ0v) is 12.1. The van der Waals surface area contributed by atoms with Gasteiger partial charge in [-0.1, -0.05) is 0 Å². The standard InChI is InChI=1S/C13H23N5O2/c1-10-11(5-15-16-10)6-18-3-4-20-12(8-18)7-17(2)9-13(14)19/h5,12H,3-4,6-9H2,1-2H3,(H2,14,19)(H,15,16)/t12-/m1/s1. The molecule has 0 saturated carbocycles. The fourth-order valence-corrected chi connectivity index (χ4v) is 2.49. The summed E-state index contributed by atoms with van der Waals surface area (Å²) >= 11 is 0. The van der Waals surface area contributed by atoms with Gasteiger partial charge in [0.2, 0.25) is 5.91 Å². The number of nitrogens with one attached hydrogen (secondary N) is 1. The summed E-state index contributed by atoms with van der Waals surface area (Å²) in [5.74, 6) is -0.311. The third-order valence-electron chi connectivity index (χ3n) is 3.49. The minimum atomic E-state index is -0.311. The molecular weight excluding hydrogens is 258 g/mol. The summed E-state index contributed by atoms with van der Waals surface area (Å²) < 4.78 is 5.75. The van der Waals surface area contributed by atoms with Crippen LogP contribution in [0.3, 0.4) is 0 Å². The lowest BCUT2D eigenvalue weighted by atomic mass is 10.2. The molecule has 0 unspecified atom stereocenters. The molecule has 1 aliphatic rings. The Morgan fingerprint density at radius 3 is 3.15 bits per heavy atom. The Morgan fingerprint density at radius 1 is 1.70 bits per heavy atom. The first kappa shape index (κ1) is 15.0. The Bertz CT molecular complexity index is 448. The fourth-order valence-electron chi connectivity index (χ4n) is 2.49. The average molecular weight is 281 g/mol. The van der Waals surface area contributed by atoms with E-state index in [2.05, 4.69) is 15.1 Å². The number of aromatic amines is 1. The maximum absolute atomic E-state index is 10.9. The van der Waals surface area contributed by atoms with Crippen molar-refractivity contribution in [3.8, 4) is 0 Å². The number of carbonyl (C=O) groups excluding carboxylic acids is 1. The van der Waals surface area contributed by atoms with Crippen molar-refractivity contribution in [2.75, 3.05) is 39.8 Å². The Labute approximate surface area is 119 Å². The molecule has 7 nitrogen and oxygen atoms in total. The number of nitrogens with zero attached hydrogens (tertiary/aromatic N) is 3. The molecule has 0 aliphatic carbocycles. The summed E-state index contributed by atoms with van der Waals surface area (Å²) in [6.45, 7) is 6.37. The number of morpholine rings is 1. The molecule has 20 heavy (non-hydrogen) atoms. The van der Waals surface area contributed by atoms with Crippen molar-refractivity contribution in [3.63, 3.8) is 0 Å². The van der Waals surface area contributed by atoms with Crippen LogP contribution in [0.15, 0.2) is 6.20 Å². The van der Waals surface area contributed by atoms with Crippen LogP contribution in [-0.4, -0.2) is 71.8 Å². The van der Waals surface area contributed by atoms with E-state index in [1.165, 1.54) is 5.56 Å². The van der Waals surface area contributed by atoms with Gasteiger partial charge in [-0.2, -0.15) is 5.10 Å². The molecule has 0 aromatic carbocycles. The van der Waals surface area contributed by atoms with Crippen molar-refractivity contribution in [1.29, 1.82) is 0 Å². The Hall–Kier alpha value is -1.44. The lowest BCUT2D eigenvalue weighted by Crippen LogP contribution is -2.47. The van der Waals surface area contributed by atoms with Gasteiger partial charge in [-0.15, -0.1) is 0 Å². The van der Waals surface area contributed by atoms with Gasteiger partial charge < -0.3 is 10.5 Å². The number of hydrogen-bond acceptors (Lipinski definition) is 5. The zero-order valence-electron chi connectivity index (χ0n) is 12.1. The number of rotatable bonds is 6. The number of aryl methyl sites for hydroxylation is 1. The lowest BCUT2D eigenvalue weighted by Gasteiger charge is -2.34. The SMILES string of the molecule is Cc1[nH]ncc1CN1CCO[C@H](CN(C)CC(N)=O)C1. The van der Waals surface area contributed by atoms with E-state index >= 15 is 0 Å². The molecule has 1 saturated heterocycles. The molecule has 0 spiro atoms. The highest BCUT2D eigenvalue weighted by Crippen LogP contribution is 2.12. The topological polar surface area (TPSA) is 87.5 Å². The molecule has 1 aliphatic heterocycles. The van der Waals surface area contributed by atoms with E-state index in [-0.39, 0.29) is 18.6 Å².